The quantitative estimate of drug-likeness (QED) is 0.455. The first-order chi connectivity index (χ1) is 17.8. The molecule has 3 heterocycles. The SMILES string of the molecule is Cc1cc(S(=O)C2CCC3(CC2)CN(C)C3)ccc1Nc1ncc2cc(Cl)c(=O)n(C3CCCC3)c2n1. The lowest BCUT2D eigenvalue weighted by molar-refractivity contribution is -0.00838. The Morgan fingerprint density at radius 1 is 1.11 bits per heavy atom. The maximum atomic E-state index is 13.4. The van der Waals surface area contributed by atoms with E-state index in [1.54, 1.807) is 16.8 Å². The summed E-state index contributed by atoms with van der Waals surface area (Å²) in [6.45, 7) is 4.39. The van der Waals surface area contributed by atoms with Gasteiger partial charge >= 0.3 is 0 Å². The Morgan fingerprint density at radius 3 is 2.51 bits per heavy atom. The van der Waals surface area contributed by atoms with Gasteiger partial charge in [-0.05, 0) is 87.7 Å². The van der Waals surface area contributed by atoms with E-state index in [0.29, 0.717) is 17.0 Å². The second-order valence-corrected chi connectivity index (χ2v) is 13.5. The summed E-state index contributed by atoms with van der Waals surface area (Å²) in [6, 6.07) is 7.72. The van der Waals surface area contributed by atoms with E-state index in [1.807, 2.05) is 25.1 Å². The Bertz CT molecular complexity index is 1420. The number of aryl methyl sites for hydroxylation is 1. The molecule has 3 aliphatic rings. The van der Waals surface area contributed by atoms with Crippen molar-refractivity contribution in [2.75, 3.05) is 25.5 Å². The molecule has 37 heavy (non-hydrogen) atoms. The van der Waals surface area contributed by atoms with E-state index in [9.17, 15) is 9.00 Å². The molecule has 2 aromatic heterocycles. The Hall–Kier alpha value is -2.29. The molecule has 9 heteroatoms. The molecule has 3 fully saturated rings. The van der Waals surface area contributed by atoms with Crippen LogP contribution in [-0.2, 0) is 10.8 Å². The molecule has 1 aliphatic heterocycles. The van der Waals surface area contributed by atoms with Gasteiger partial charge in [-0.3, -0.25) is 13.6 Å². The zero-order chi connectivity index (χ0) is 25.7. The highest BCUT2D eigenvalue weighted by Crippen LogP contribution is 2.44. The average Bonchev–Trinajstić information content (AvgIpc) is 3.40. The number of hydrogen-bond acceptors (Lipinski definition) is 6. The van der Waals surface area contributed by atoms with Gasteiger partial charge in [0.15, 0.2) is 0 Å². The molecule has 2 aliphatic carbocycles. The number of fused-ring (bicyclic) bond motifs is 1. The Kier molecular flexibility index (Phi) is 6.62. The molecule has 1 atom stereocenters. The number of hydrogen-bond donors (Lipinski definition) is 1. The summed E-state index contributed by atoms with van der Waals surface area (Å²) in [5.74, 6) is 0.431. The fraction of sp³-hybridized carbons (Fsp3) is 0.536. The second-order valence-electron chi connectivity index (χ2n) is 11.3. The van der Waals surface area contributed by atoms with Crippen molar-refractivity contribution in [1.82, 2.24) is 19.4 Å². The largest absolute Gasteiger partial charge is 0.324 e. The van der Waals surface area contributed by atoms with Crippen molar-refractivity contribution in [2.45, 2.75) is 74.5 Å². The Labute approximate surface area is 225 Å². The van der Waals surface area contributed by atoms with Gasteiger partial charge in [0.25, 0.3) is 5.56 Å². The monoisotopic (exact) mass is 539 g/mol. The third-order valence-electron chi connectivity index (χ3n) is 8.60. The molecule has 1 aromatic carbocycles. The number of aromatic nitrogens is 3. The summed E-state index contributed by atoms with van der Waals surface area (Å²) in [5, 5.41) is 4.51. The minimum absolute atomic E-state index is 0.118. The summed E-state index contributed by atoms with van der Waals surface area (Å²) in [5.41, 5.74) is 2.76. The zero-order valence-electron chi connectivity index (χ0n) is 21.5. The van der Waals surface area contributed by atoms with Gasteiger partial charge in [0.2, 0.25) is 5.95 Å². The number of rotatable bonds is 5. The molecule has 6 rings (SSSR count). The van der Waals surface area contributed by atoms with E-state index in [2.05, 4.69) is 22.2 Å². The lowest BCUT2D eigenvalue weighted by Crippen LogP contribution is -2.56. The van der Waals surface area contributed by atoms with Crippen LogP contribution in [0.25, 0.3) is 11.0 Å². The van der Waals surface area contributed by atoms with E-state index in [4.69, 9.17) is 16.6 Å². The van der Waals surface area contributed by atoms with Crippen molar-refractivity contribution >= 4 is 45.1 Å². The molecule has 196 valence electrons. The van der Waals surface area contributed by atoms with E-state index < -0.39 is 10.8 Å². The molecular weight excluding hydrogens is 506 g/mol. The van der Waals surface area contributed by atoms with Crippen molar-refractivity contribution in [1.29, 1.82) is 0 Å². The molecule has 0 radical (unpaired) electrons. The summed E-state index contributed by atoms with van der Waals surface area (Å²) in [4.78, 5) is 25.4. The third kappa shape index (κ3) is 4.72. The van der Waals surface area contributed by atoms with Crippen LogP contribution in [0.4, 0.5) is 11.6 Å². The summed E-state index contributed by atoms with van der Waals surface area (Å²) < 4.78 is 15.1. The number of halogens is 1. The number of nitrogens with one attached hydrogen (secondary N) is 1. The van der Waals surface area contributed by atoms with E-state index in [1.165, 1.54) is 25.9 Å². The lowest BCUT2D eigenvalue weighted by Gasteiger charge is -2.52. The molecule has 2 saturated carbocycles. The minimum Gasteiger partial charge on any atom is -0.324 e. The molecule has 1 spiro atoms. The number of nitrogens with zero attached hydrogens (tertiary/aromatic N) is 4. The molecule has 7 nitrogen and oxygen atoms in total. The van der Waals surface area contributed by atoms with Crippen molar-refractivity contribution in [3.8, 4) is 0 Å². The number of likely N-dealkylation sites (tertiary alicyclic amines) is 1. The summed E-state index contributed by atoms with van der Waals surface area (Å²) in [6.07, 6.45) is 10.3. The molecule has 1 N–H and O–H groups in total. The van der Waals surface area contributed by atoms with Crippen molar-refractivity contribution in [3.05, 3.63) is 51.4 Å². The van der Waals surface area contributed by atoms with Crippen LogP contribution in [0.5, 0.6) is 0 Å². The van der Waals surface area contributed by atoms with Crippen molar-refractivity contribution < 1.29 is 4.21 Å². The molecule has 1 saturated heterocycles. The maximum absolute atomic E-state index is 13.4. The number of pyridine rings is 1. The van der Waals surface area contributed by atoms with Crippen LogP contribution in [0.1, 0.15) is 63.0 Å². The van der Waals surface area contributed by atoms with Gasteiger partial charge in [-0.2, -0.15) is 4.98 Å². The highest BCUT2D eigenvalue weighted by Gasteiger charge is 2.44. The highest BCUT2D eigenvalue weighted by molar-refractivity contribution is 7.85. The van der Waals surface area contributed by atoms with E-state index in [0.717, 1.165) is 60.1 Å². The van der Waals surface area contributed by atoms with Crippen LogP contribution in [0.15, 0.2) is 40.2 Å². The molecule has 3 aromatic rings. The van der Waals surface area contributed by atoms with Gasteiger partial charge in [0.1, 0.15) is 10.7 Å². The van der Waals surface area contributed by atoms with Crippen molar-refractivity contribution in [2.24, 2.45) is 5.41 Å². The Balaban J connectivity index is 1.21. The van der Waals surface area contributed by atoms with Crippen LogP contribution in [0, 0.1) is 12.3 Å². The van der Waals surface area contributed by atoms with Gasteiger partial charge in [-0.1, -0.05) is 24.4 Å². The average molecular weight is 540 g/mol. The first kappa shape index (κ1) is 25.0. The lowest BCUT2D eigenvalue weighted by atomic mass is 9.69. The first-order valence-electron chi connectivity index (χ1n) is 13.4. The predicted molar refractivity (Wildman–Crippen MR) is 149 cm³/mol. The molecule has 0 amide bonds. The minimum atomic E-state index is -1.01. The normalized spacial score (nSPS) is 21.4. The molecule has 0 bridgehead atoms. The highest BCUT2D eigenvalue weighted by atomic mass is 35.5. The predicted octanol–water partition coefficient (Wildman–Crippen LogP) is 5.59. The van der Waals surface area contributed by atoms with Gasteiger partial charge in [0, 0.05) is 46.5 Å². The topological polar surface area (TPSA) is 80.1 Å². The fourth-order valence-corrected chi connectivity index (χ4v) is 8.45. The molecule has 1 unspecified atom stereocenters. The molecular formula is C28H34ClN5O2S. The number of benzene rings is 1. The third-order valence-corrected chi connectivity index (χ3v) is 10.7. The van der Waals surface area contributed by atoms with Gasteiger partial charge < -0.3 is 10.2 Å². The van der Waals surface area contributed by atoms with E-state index in [-0.39, 0.29) is 21.9 Å². The summed E-state index contributed by atoms with van der Waals surface area (Å²) in [7, 11) is 1.18. The van der Waals surface area contributed by atoms with Gasteiger partial charge in [-0.25, -0.2) is 4.98 Å². The first-order valence-corrected chi connectivity index (χ1v) is 15.0. The summed E-state index contributed by atoms with van der Waals surface area (Å²) >= 11 is 6.26. The van der Waals surface area contributed by atoms with Crippen LogP contribution < -0.4 is 10.9 Å². The van der Waals surface area contributed by atoms with Crippen molar-refractivity contribution in [3.63, 3.8) is 0 Å². The van der Waals surface area contributed by atoms with E-state index >= 15 is 0 Å². The van der Waals surface area contributed by atoms with Crippen LogP contribution in [-0.4, -0.2) is 49.0 Å². The number of anilines is 2. The second kappa shape index (κ2) is 9.79. The van der Waals surface area contributed by atoms with Gasteiger partial charge in [-0.15, -0.1) is 0 Å². The Morgan fingerprint density at radius 2 is 1.84 bits per heavy atom. The van der Waals surface area contributed by atoms with Crippen LogP contribution in [0.3, 0.4) is 0 Å². The zero-order valence-corrected chi connectivity index (χ0v) is 23.1. The fourth-order valence-electron chi connectivity index (χ4n) is 6.70. The van der Waals surface area contributed by atoms with Gasteiger partial charge in [0.05, 0.1) is 10.8 Å². The standard InChI is InChI=1S/C28H34ClN5O2S/c1-18-13-22(37(36)21-9-11-28(12-10-21)16-33(2)17-28)7-8-24(18)31-27-30-15-19-14-23(29)26(35)34(25(19)32-27)20-5-3-4-6-20/h7-8,13-15,20-21H,3-6,9-12,16-17H2,1-2H3,(H,30,31,32). The van der Waals surface area contributed by atoms with Crippen LogP contribution >= 0.6 is 11.6 Å². The maximum Gasteiger partial charge on any atom is 0.271 e. The smallest absolute Gasteiger partial charge is 0.271 e. The van der Waals surface area contributed by atoms with Crippen LogP contribution in [0.2, 0.25) is 5.02 Å².